The summed E-state index contributed by atoms with van der Waals surface area (Å²) in [7, 11) is 0. The van der Waals surface area contributed by atoms with Crippen LogP contribution < -0.4 is 0 Å². The van der Waals surface area contributed by atoms with Crippen LogP contribution in [0.3, 0.4) is 0 Å². The van der Waals surface area contributed by atoms with E-state index in [2.05, 4.69) is 32.9 Å². The Morgan fingerprint density at radius 3 is 2.44 bits per heavy atom. The Labute approximate surface area is 204 Å². The summed E-state index contributed by atoms with van der Waals surface area (Å²) in [5.41, 5.74) is -1.58. The van der Waals surface area contributed by atoms with E-state index in [-0.39, 0.29) is 35.0 Å². The molecule has 0 aromatic rings. The number of aliphatic hydroxyl groups is 1. The second-order valence-electron chi connectivity index (χ2n) is 10.9. The number of allylic oxidation sites excluding steroid dienone is 2. The fourth-order valence-electron chi connectivity index (χ4n) is 6.75. The predicted molar refractivity (Wildman–Crippen MR) is 131 cm³/mol. The number of ketones is 1. The maximum Gasteiger partial charge on any atom is 0.259 e. The van der Waals surface area contributed by atoms with E-state index in [1.165, 1.54) is 17.4 Å². The van der Waals surface area contributed by atoms with Crippen molar-refractivity contribution in [3.8, 4) is 0 Å². The van der Waals surface area contributed by atoms with Crippen molar-refractivity contribution in [2.24, 2.45) is 29.6 Å². The van der Waals surface area contributed by atoms with E-state index in [0.717, 1.165) is 44.9 Å². The fourth-order valence-corrected chi connectivity index (χ4v) is 6.75. The molecule has 1 saturated heterocycles. The third-order valence-electron chi connectivity index (χ3n) is 8.72. The lowest BCUT2D eigenvalue weighted by Crippen LogP contribution is -2.51. The molecule has 188 valence electrons. The molecule has 2 fully saturated rings. The smallest absolute Gasteiger partial charge is 0.259 e. The molecule has 6 heteroatoms. The molecule has 6 unspecified atom stereocenters. The van der Waals surface area contributed by atoms with Crippen LogP contribution in [0.1, 0.15) is 78.6 Å². The maximum atomic E-state index is 13.8. The quantitative estimate of drug-likeness (QED) is 0.407. The molecule has 4 aliphatic rings. The number of amides is 2. The molecule has 0 bridgehead atoms. The van der Waals surface area contributed by atoms with Gasteiger partial charge >= 0.3 is 0 Å². The zero-order chi connectivity index (χ0) is 24.5. The summed E-state index contributed by atoms with van der Waals surface area (Å²) in [6.45, 7) is 7.90. The first-order valence-electron chi connectivity index (χ1n) is 13.6. The number of hydrogen-bond donors (Lipinski definition) is 1. The van der Waals surface area contributed by atoms with Crippen molar-refractivity contribution in [1.29, 1.82) is 0 Å². The third-order valence-corrected chi connectivity index (χ3v) is 8.72. The van der Waals surface area contributed by atoms with E-state index in [4.69, 9.17) is 0 Å². The van der Waals surface area contributed by atoms with Crippen LogP contribution in [0.4, 0.5) is 0 Å². The zero-order valence-electron chi connectivity index (χ0n) is 21.2. The molecule has 2 aliphatic carbocycles. The van der Waals surface area contributed by atoms with Crippen molar-refractivity contribution in [2.75, 3.05) is 19.6 Å². The molecule has 1 saturated carbocycles. The summed E-state index contributed by atoms with van der Waals surface area (Å²) in [5.74, 6) is -0.829. The highest BCUT2D eigenvalue weighted by Gasteiger charge is 2.58. The molecule has 0 aromatic carbocycles. The number of rotatable bonds is 9. The van der Waals surface area contributed by atoms with Crippen LogP contribution in [0.5, 0.6) is 0 Å². The molecule has 0 spiro atoms. The summed E-state index contributed by atoms with van der Waals surface area (Å²) in [4.78, 5) is 43.9. The normalized spacial score (nSPS) is 34.6. The number of unbranched alkanes of at least 4 members (excludes halogenated alkanes) is 2. The largest absolute Gasteiger partial charge is 0.366 e. The topological polar surface area (TPSA) is 77.9 Å². The van der Waals surface area contributed by atoms with Crippen LogP contribution in [-0.2, 0) is 14.4 Å². The van der Waals surface area contributed by atoms with Crippen molar-refractivity contribution >= 4 is 17.6 Å². The molecule has 2 heterocycles. The molecular formula is C28H42N2O4. The lowest BCUT2D eigenvalue weighted by Gasteiger charge is -2.40. The predicted octanol–water partition coefficient (Wildman–Crippen LogP) is 4.09. The summed E-state index contributed by atoms with van der Waals surface area (Å²) in [6.07, 6.45) is 14.5. The Morgan fingerprint density at radius 2 is 1.76 bits per heavy atom. The number of carbonyl (C=O) groups excluding carboxylic acids is 3. The highest BCUT2D eigenvalue weighted by atomic mass is 16.3. The van der Waals surface area contributed by atoms with E-state index in [1.54, 1.807) is 0 Å². The molecule has 0 radical (unpaired) electrons. The van der Waals surface area contributed by atoms with Crippen LogP contribution >= 0.6 is 0 Å². The van der Waals surface area contributed by atoms with Gasteiger partial charge in [0.1, 0.15) is 0 Å². The number of nitrogens with zero attached hydrogens (tertiary/aromatic N) is 2. The Morgan fingerprint density at radius 1 is 1.09 bits per heavy atom. The van der Waals surface area contributed by atoms with Gasteiger partial charge < -0.3 is 14.9 Å². The lowest BCUT2D eigenvalue weighted by molar-refractivity contribution is -0.152. The maximum absolute atomic E-state index is 13.8. The molecule has 34 heavy (non-hydrogen) atoms. The van der Waals surface area contributed by atoms with Gasteiger partial charge in [0, 0.05) is 25.6 Å². The van der Waals surface area contributed by atoms with E-state index in [1.807, 2.05) is 4.90 Å². The van der Waals surface area contributed by atoms with Crippen LogP contribution in [0.15, 0.2) is 23.8 Å². The third kappa shape index (κ3) is 4.38. The van der Waals surface area contributed by atoms with Gasteiger partial charge in [-0.2, -0.15) is 0 Å². The van der Waals surface area contributed by atoms with Gasteiger partial charge in [0.25, 0.3) is 5.91 Å². The van der Waals surface area contributed by atoms with Gasteiger partial charge in [0.2, 0.25) is 5.91 Å². The molecule has 4 rings (SSSR count). The average Bonchev–Trinajstić information content (AvgIpc) is 3.30. The minimum Gasteiger partial charge on any atom is -0.366 e. The number of hydrogen-bond acceptors (Lipinski definition) is 4. The molecular weight excluding hydrogens is 428 g/mol. The molecule has 6 nitrogen and oxygen atoms in total. The van der Waals surface area contributed by atoms with Gasteiger partial charge in [-0.1, -0.05) is 58.6 Å². The number of Topliss-reactive ketones (excluding diaryl/α,β-unsaturated/α-hetero) is 1. The summed E-state index contributed by atoms with van der Waals surface area (Å²) in [6, 6.07) is 0. The summed E-state index contributed by atoms with van der Waals surface area (Å²) in [5, 5.41) is 11.7. The van der Waals surface area contributed by atoms with E-state index < -0.39 is 17.6 Å². The Hall–Kier alpha value is -1.95. The van der Waals surface area contributed by atoms with Crippen LogP contribution in [0, 0.1) is 29.6 Å². The highest BCUT2D eigenvalue weighted by molar-refractivity contribution is 6.22. The standard InChI is InChI=1S/C28H42N2O4/c1-4-6-15-29(16-7-5-2)27(33)23-14-17-30-26(32)22(18-28(23,30)34)25(31)24-19(3)12-13-20-10-8-9-11-21(20)24/h12-13,18-21,23-24,34H,4-11,14-17H2,1-3H3. The van der Waals surface area contributed by atoms with E-state index >= 15 is 0 Å². The monoisotopic (exact) mass is 470 g/mol. The first kappa shape index (κ1) is 25.2. The first-order chi connectivity index (χ1) is 16.3. The highest BCUT2D eigenvalue weighted by Crippen LogP contribution is 2.47. The van der Waals surface area contributed by atoms with Crippen LogP contribution in [-0.4, -0.2) is 57.9 Å². The second kappa shape index (κ2) is 10.3. The van der Waals surface area contributed by atoms with Gasteiger partial charge in [-0.15, -0.1) is 0 Å². The van der Waals surface area contributed by atoms with Crippen LogP contribution in [0.25, 0.3) is 0 Å². The van der Waals surface area contributed by atoms with Gasteiger partial charge in [0.15, 0.2) is 11.5 Å². The lowest BCUT2D eigenvalue weighted by atomic mass is 9.63. The Balaban J connectivity index is 1.58. The Kier molecular flexibility index (Phi) is 7.66. The van der Waals surface area contributed by atoms with E-state index in [0.29, 0.717) is 32.0 Å². The van der Waals surface area contributed by atoms with Crippen molar-refractivity contribution in [3.05, 3.63) is 23.8 Å². The molecule has 1 N–H and O–H groups in total. The van der Waals surface area contributed by atoms with Gasteiger partial charge in [-0.25, -0.2) is 0 Å². The molecule has 2 aliphatic heterocycles. The number of fused-ring (bicyclic) bond motifs is 2. The fraction of sp³-hybridized carbons (Fsp3) is 0.750. The molecule has 2 amide bonds. The van der Waals surface area contributed by atoms with Gasteiger partial charge in [-0.05, 0) is 55.9 Å². The van der Waals surface area contributed by atoms with Crippen molar-refractivity contribution in [2.45, 2.75) is 84.3 Å². The summed E-state index contributed by atoms with van der Waals surface area (Å²) >= 11 is 0. The Bertz CT molecular complexity index is 856. The second-order valence-corrected chi connectivity index (χ2v) is 10.9. The first-order valence-corrected chi connectivity index (χ1v) is 13.6. The van der Waals surface area contributed by atoms with E-state index in [9.17, 15) is 19.5 Å². The minimum absolute atomic E-state index is 0.0710. The van der Waals surface area contributed by atoms with Crippen molar-refractivity contribution in [3.63, 3.8) is 0 Å². The van der Waals surface area contributed by atoms with Crippen molar-refractivity contribution < 1.29 is 19.5 Å². The molecule has 6 atom stereocenters. The van der Waals surface area contributed by atoms with Crippen molar-refractivity contribution in [1.82, 2.24) is 9.80 Å². The molecule has 0 aromatic heterocycles. The zero-order valence-corrected chi connectivity index (χ0v) is 21.2. The number of carbonyl (C=O) groups is 3. The van der Waals surface area contributed by atoms with Crippen LogP contribution in [0.2, 0.25) is 0 Å². The summed E-state index contributed by atoms with van der Waals surface area (Å²) < 4.78 is 0. The average molecular weight is 471 g/mol. The minimum atomic E-state index is -1.68. The van der Waals surface area contributed by atoms with Gasteiger partial charge in [0.05, 0.1) is 11.5 Å². The van der Waals surface area contributed by atoms with Gasteiger partial charge in [-0.3, -0.25) is 14.4 Å². The SMILES string of the molecule is CCCCN(CCCC)C(=O)C1CCN2C(=O)C(C(=O)C3C(C)C=CC4CCCCC43)=CC12O.